The van der Waals surface area contributed by atoms with E-state index in [0.717, 1.165) is 36.4 Å². The lowest BCUT2D eigenvalue weighted by Gasteiger charge is -2.39. The smallest absolute Gasteiger partial charge is 0.0108 e. The van der Waals surface area contributed by atoms with Gasteiger partial charge in [-0.1, -0.05) is 27.2 Å². The van der Waals surface area contributed by atoms with Gasteiger partial charge < -0.3 is 10.2 Å². The second-order valence-corrected chi connectivity index (χ2v) is 7.16. The number of likely N-dealkylation sites (tertiary alicyclic amines) is 1. The highest BCUT2D eigenvalue weighted by atomic mass is 15.2. The number of nitrogens with zero attached hydrogens (tertiary/aromatic N) is 1. The number of hydrogen-bond acceptors (Lipinski definition) is 2. The normalized spacial score (nSPS) is 40.7. The third-order valence-electron chi connectivity index (χ3n) is 5.52. The summed E-state index contributed by atoms with van der Waals surface area (Å²) >= 11 is 0. The highest BCUT2D eigenvalue weighted by Gasteiger charge is 2.34. The average molecular weight is 266 g/mol. The van der Waals surface area contributed by atoms with Crippen LogP contribution in [0.1, 0.15) is 59.8 Å². The van der Waals surface area contributed by atoms with Crippen molar-refractivity contribution in [1.82, 2.24) is 10.2 Å². The molecule has 1 aliphatic carbocycles. The fourth-order valence-corrected chi connectivity index (χ4v) is 4.41. The minimum absolute atomic E-state index is 0.774. The summed E-state index contributed by atoms with van der Waals surface area (Å²) in [7, 11) is 0. The predicted molar refractivity (Wildman–Crippen MR) is 83.4 cm³/mol. The molecule has 2 rings (SSSR count). The van der Waals surface area contributed by atoms with Gasteiger partial charge in [0.2, 0.25) is 0 Å². The van der Waals surface area contributed by atoms with Crippen LogP contribution in [0.5, 0.6) is 0 Å². The van der Waals surface area contributed by atoms with E-state index >= 15 is 0 Å². The zero-order chi connectivity index (χ0) is 13.8. The molecule has 0 radical (unpaired) electrons. The van der Waals surface area contributed by atoms with Gasteiger partial charge in [-0.05, 0) is 56.9 Å². The summed E-state index contributed by atoms with van der Waals surface area (Å²) in [6.07, 6.45) is 7.06. The molecule has 2 heteroatoms. The molecular formula is C17H34N2. The molecule has 5 atom stereocenters. The molecule has 2 fully saturated rings. The molecule has 0 aromatic carbocycles. The zero-order valence-electron chi connectivity index (χ0n) is 13.5. The van der Waals surface area contributed by atoms with Gasteiger partial charge in [-0.15, -0.1) is 0 Å². The van der Waals surface area contributed by atoms with Gasteiger partial charge in [-0.2, -0.15) is 0 Å². The van der Waals surface area contributed by atoms with Crippen LogP contribution in [-0.4, -0.2) is 36.6 Å². The Morgan fingerprint density at radius 1 is 1.11 bits per heavy atom. The van der Waals surface area contributed by atoms with E-state index in [4.69, 9.17) is 0 Å². The second-order valence-electron chi connectivity index (χ2n) is 7.16. The molecule has 0 aromatic heterocycles. The fourth-order valence-electron chi connectivity index (χ4n) is 4.41. The number of hydrogen-bond donors (Lipinski definition) is 1. The third kappa shape index (κ3) is 3.95. The summed E-state index contributed by atoms with van der Waals surface area (Å²) in [4.78, 5) is 2.76. The summed E-state index contributed by atoms with van der Waals surface area (Å²) in [5.41, 5.74) is 0. The highest BCUT2D eigenvalue weighted by Crippen LogP contribution is 2.34. The maximum absolute atomic E-state index is 3.75. The van der Waals surface area contributed by atoms with Crippen LogP contribution in [0.15, 0.2) is 0 Å². The maximum atomic E-state index is 3.75. The molecular weight excluding hydrogens is 232 g/mol. The second kappa shape index (κ2) is 7.08. The van der Waals surface area contributed by atoms with E-state index in [1.165, 1.54) is 45.2 Å². The first-order valence-electron chi connectivity index (χ1n) is 8.61. The van der Waals surface area contributed by atoms with Crippen LogP contribution < -0.4 is 5.32 Å². The first kappa shape index (κ1) is 15.3. The Bertz CT molecular complexity index is 266. The Balaban J connectivity index is 1.93. The lowest BCUT2D eigenvalue weighted by molar-refractivity contribution is 0.134. The standard InChI is InChI=1S/C17H34N2/c1-5-15-7-8-17(18-6-2)16(10-15)12-19-11-13(3)9-14(19)4/h13-18H,5-12H2,1-4H3. The molecule has 0 bridgehead atoms. The number of nitrogens with one attached hydrogen (secondary N) is 1. The zero-order valence-corrected chi connectivity index (χ0v) is 13.5. The van der Waals surface area contributed by atoms with Gasteiger partial charge in [0.1, 0.15) is 0 Å². The first-order chi connectivity index (χ1) is 9.13. The van der Waals surface area contributed by atoms with Crippen molar-refractivity contribution in [3.8, 4) is 0 Å². The van der Waals surface area contributed by atoms with Crippen molar-refractivity contribution >= 4 is 0 Å². The summed E-state index contributed by atoms with van der Waals surface area (Å²) in [6, 6.07) is 1.58. The Morgan fingerprint density at radius 2 is 1.89 bits per heavy atom. The average Bonchev–Trinajstić information content (AvgIpc) is 2.70. The SMILES string of the molecule is CCNC1CCC(CC)CC1CN1CC(C)CC1C. The maximum Gasteiger partial charge on any atom is 0.0108 e. The van der Waals surface area contributed by atoms with Gasteiger partial charge >= 0.3 is 0 Å². The van der Waals surface area contributed by atoms with E-state index in [1.807, 2.05) is 0 Å². The lowest BCUT2D eigenvalue weighted by atomic mass is 9.76. The van der Waals surface area contributed by atoms with E-state index in [9.17, 15) is 0 Å². The molecule has 1 aliphatic heterocycles. The van der Waals surface area contributed by atoms with Crippen molar-refractivity contribution in [1.29, 1.82) is 0 Å². The van der Waals surface area contributed by atoms with Crippen LogP contribution in [0, 0.1) is 17.8 Å². The Kier molecular flexibility index (Phi) is 5.70. The van der Waals surface area contributed by atoms with E-state index in [1.54, 1.807) is 0 Å². The predicted octanol–water partition coefficient (Wildman–Crippen LogP) is 3.52. The van der Waals surface area contributed by atoms with Crippen LogP contribution in [0.4, 0.5) is 0 Å². The number of rotatable bonds is 5. The van der Waals surface area contributed by atoms with Gasteiger partial charge in [0.15, 0.2) is 0 Å². The molecule has 2 nitrogen and oxygen atoms in total. The van der Waals surface area contributed by atoms with E-state index in [2.05, 4.69) is 37.9 Å². The minimum atomic E-state index is 0.774. The molecule has 1 saturated carbocycles. The summed E-state index contributed by atoms with van der Waals surface area (Å²) in [6.45, 7) is 13.2. The molecule has 1 saturated heterocycles. The van der Waals surface area contributed by atoms with Crippen LogP contribution >= 0.6 is 0 Å². The Labute approximate surface area is 120 Å². The van der Waals surface area contributed by atoms with Crippen molar-refractivity contribution in [3.63, 3.8) is 0 Å². The van der Waals surface area contributed by atoms with Gasteiger partial charge in [-0.25, -0.2) is 0 Å². The monoisotopic (exact) mass is 266 g/mol. The molecule has 0 aromatic rings. The van der Waals surface area contributed by atoms with Gasteiger partial charge in [0.25, 0.3) is 0 Å². The van der Waals surface area contributed by atoms with Gasteiger partial charge in [0.05, 0.1) is 0 Å². The van der Waals surface area contributed by atoms with Gasteiger partial charge in [0, 0.05) is 25.2 Å². The quantitative estimate of drug-likeness (QED) is 0.819. The van der Waals surface area contributed by atoms with Crippen LogP contribution in [0.25, 0.3) is 0 Å². The topological polar surface area (TPSA) is 15.3 Å². The van der Waals surface area contributed by atoms with Crippen LogP contribution in [0.2, 0.25) is 0 Å². The molecule has 1 heterocycles. The van der Waals surface area contributed by atoms with Crippen molar-refractivity contribution in [2.45, 2.75) is 71.9 Å². The lowest BCUT2D eigenvalue weighted by Crippen LogP contribution is -2.46. The highest BCUT2D eigenvalue weighted by molar-refractivity contribution is 4.89. The van der Waals surface area contributed by atoms with Crippen molar-refractivity contribution in [2.75, 3.05) is 19.6 Å². The first-order valence-corrected chi connectivity index (χ1v) is 8.61. The molecule has 19 heavy (non-hydrogen) atoms. The van der Waals surface area contributed by atoms with E-state index < -0.39 is 0 Å². The van der Waals surface area contributed by atoms with Crippen LogP contribution in [-0.2, 0) is 0 Å². The molecule has 0 amide bonds. The molecule has 1 N–H and O–H groups in total. The van der Waals surface area contributed by atoms with E-state index in [-0.39, 0.29) is 0 Å². The Hall–Kier alpha value is -0.0800. The summed E-state index contributed by atoms with van der Waals surface area (Å²) in [5.74, 6) is 2.76. The Morgan fingerprint density at radius 3 is 2.47 bits per heavy atom. The third-order valence-corrected chi connectivity index (χ3v) is 5.52. The summed E-state index contributed by atoms with van der Waals surface area (Å²) < 4.78 is 0. The van der Waals surface area contributed by atoms with Gasteiger partial charge in [-0.3, -0.25) is 0 Å². The molecule has 5 unspecified atom stereocenters. The minimum Gasteiger partial charge on any atom is -0.314 e. The van der Waals surface area contributed by atoms with E-state index in [0.29, 0.717) is 0 Å². The van der Waals surface area contributed by atoms with Crippen molar-refractivity contribution < 1.29 is 0 Å². The largest absolute Gasteiger partial charge is 0.314 e. The summed E-state index contributed by atoms with van der Waals surface area (Å²) in [5, 5.41) is 3.75. The molecule has 112 valence electrons. The fraction of sp³-hybridized carbons (Fsp3) is 1.00. The molecule has 2 aliphatic rings. The van der Waals surface area contributed by atoms with Crippen LogP contribution in [0.3, 0.4) is 0 Å². The van der Waals surface area contributed by atoms with Crippen molar-refractivity contribution in [2.24, 2.45) is 17.8 Å². The molecule has 0 spiro atoms. The van der Waals surface area contributed by atoms with Crippen molar-refractivity contribution in [3.05, 3.63) is 0 Å².